The van der Waals surface area contributed by atoms with Crippen LogP contribution in [0.5, 0.6) is 0 Å². The molecule has 0 aliphatic carbocycles. The van der Waals surface area contributed by atoms with Crippen LogP contribution in [0.3, 0.4) is 0 Å². The third-order valence-corrected chi connectivity index (χ3v) is 6.25. The number of aromatic amines is 1. The van der Waals surface area contributed by atoms with Gasteiger partial charge < -0.3 is 10.3 Å². The Labute approximate surface area is 197 Å². The molecular formula is C23H15Cl3N2O2S. The highest BCUT2D eigenvalue weighted by Gasteiger charge is 2.17. The molecular weight excluding hydrogens is 475 g/mol. The van der Waals surface area contributed by atoms with E-state index in [1.807, 2.05) is 36.4 Å². The molecule has 1 heterocycles. The monoisotopic (exact) mass is 488 g/mol. The van der Waals surface area contributed by atoms with Gasteiger partial charge in [-0.05, 0) is 42.0 Å². The molecule has 4 nitrogen and oxygen atoms in total. The summed E-state index contributed by atoms with van der Waals surface area (Å²) in [5.41, 5.74) is 2.51. The number of aromatic nitrogens is 1. The van der Waals surface area contributed by atoms with Gasteiger partial charge in [-0.2, -0.15) is 0 Å². The summed E-state index contributed by atoms with van der Waals surface area (Å²) in [4.78, 5) is 28.8. The van der Waals surface area contributed by atoms with Gasteiger partial charge in [0.15, 0.2) is 0 Å². The molecule has 0 bridgehead atoms. The molecule has 0 radical (unpaired) electrons. The molecule has 4 aromatic rings. The molecule has 31 heavy (non-hydrogen) atoms. The number of hydrogen-bond donors (Lipinski definition) is 2. The zero-order chi connectivity index (χ0) is 22.0. The number of thioether (sulfide) groups is 1. The summed E-state index contributed by atoms with van der Waals surface area (Å²) in [7, 11) is 0. The first-order valence-corrected chi connectivity index (χ1v) is 11.3. The van der Waals surface area contributed by atoms with Crippen molar-refractivity contribution in [3.8, 4) is 11.1 Å². The van der Waals surface area contributed by atoms with E-state index in [1.165, 1.54) is 0 Å². The highest BCUT2D eigenvalue weighted by molar-refractivity contribution is 8.00. The van der Waals surface area contributed by atoms with Crippen molar-refractivity contribution in [2.75, 3.05) is 11.1 Å². The standard InChI is InChI=1S/C23H15Cl3N2O2S/c24-14-6-7-19-18(11-14)21(13-4-2-1-3-5-13)22(23(30)28-19)31-12-20(29)27-17-9-15(25)8-16(26)10-17/h1-11H,12H2,(H,27,29)(H,28,30). The average molecular weight is 490 g/mol. The van der Waals surface area contributed by atoms with Crippen LogP contribution in [-0.4, -0.2) is 16.6 Å². The molecule has 3 aromatic carbocycles. The molecule has 0 aliphatic rings. The summed E-state index contributed by atoms with van der Waals surface area (Å²) >= 11 is 19.4. The van der Waals surface area contributed by atoms with Crippen LogP contribution in [-0.2, 0) is 4.79 Å². The van der Waals surface area contributed by atoms with E-state index in [4.69, 9.17) is 34.8 Å². The van der Waals surface area contributed by atoms with E-state index >= 15 is 0 Å². The van der Waals surface area contributed by atoms with Gasteiger partial charge in [0, 0.05) is 37.2 Å². The SMILES string of the molecule is O=C(CSc1c(-c2ccccc2)c2cc(Cl)ccc2[nH]c1=O)Nc1cc(Cl)cc(Cl)c1. The summed E-state index contributed by atoms with van der Waals surface area (Å²) in [5, 5.41) is 4.97. The van der Waals surface area contributed by atoms with Crippen molar-refractivity contribution in [1.82, 2.24) is 4.98 Å². The van der Waals surface area contributed by atoms with Gasteiger partial charge >= 0.3 is 0 Å². The number of amides is 1. The van der Waals surface area contributed by atoms with E-state index < -0.39 is 0 Å². The van der Waals surface area contributed by atoms with Gasteiger partial charge in [-0.15, -0.1) is 11.8 Å². The molecule has 0 aliphatic heterocycles. The van der Waals surface area contributed by atoms with Crippen LogP contribution < -0.4 is 10.9 Å². The van der Waals surface area contributed by atoms with Crippen molar-refractivity contribution in [3.05, 3.63) is 92.2 Å². The van der Waals surface area contributed by atoms with Crippen LogP contribution in [0.1, 0.15) is 0 Å². The van der Waals surface area contributed by atoms with Gasteiger partial charge in [-0.25, -0.2) is 0 Å². The van der Waals surface area contributed by atoms with Crippen LogP contribution in [0.15, 0.2) is 76.4 Å². The Kier molecular flexibility index (Phi) is 6.58. The Bertz CT molecular complexity index is 1320. The van der Waals surface area contributed by atoms with E-state index in [1.54, 1.807) is 30.3 Å². The zero-order valence-corrected chi connectivity index (χ0v) is 19.0. The van der Waals surface area contributed by atoms with Crippen LogP contribution in [0.25, 0.3) is 22.0 Å². The lowest BCUT2D eigenvalue weighted by atomic mass is 10.0. The van der Waals surface area contributed by atoms with Gasteiger partial charge in [-0.3, -0.25) is 9.59 Å². The van der Waals surface area contributed by atoms with Crippen LogP contribution in [0.2, 0.25) is 15.1 Å². The van der Waals surface area contributed by atoms with Gasteiger partial charge in [0.1, 0.15) is 0 Å². The first-order chi connectivity index (χ1) is 14.9. The predicted molar refractivity (Wildman–Crippen MR) is 131 cm³/mol. The fraction of sp³-hybridized carbons (Fsp3) is 0.0435. The fourth-order valence-corrected chi connectivity index (χ4v) is 4.84. The van der Waals surface area contributed by atoms with E-state index in [0.29, 0.717) is 31.2 Å². The maximum Gasteiger partial charge on any atom is 0.262 e. The molecule has 1 amide bonds. The van der Waals surface area contributed by atoms with Crippen LogP contribution in [0.4, 0.5) is 5.69 Å². The minimum atomic E-state index is -0.284. The molecule has 8 heteroatoms. The predicted octanol–water partition coefficient (Wildman–Crippen LogP) is 6.89. The maximum atomic E-state index is 12.9. The van der Waals surface area contributed by atoms with Crippen molar-refractivity contribution in [1.29, 1.82) is 0 Å². The average Bonchev–Trinajstić information content (AvgIpc) is 2.72. The molecule has 0 atom stereocenters. The maximum absolute atomic E-state index is 12.9. The molecule has 0 fully saturated rings. The first kappa shape index (κ1) is 21.8. The smallest absolute Gasteiger partial charge is 0.262 e. The lowest BCUT2D eigenvalue weighted by Gasteiger charge is -2.13. The Hall–Kier alpha value is -2.44. The Balaban J connectivity index is 1.69. The van der Waals surface area contributed by atoms with Gasteiger partial charge in [-0.1, -0.05) is 65.1 Å². The van der Waals surface area contributed by atoms with E-state index in [0.717, 1.165) is 28.3 Å². The number of pyridine rings is 1. The van der Waals surface area contributed by atoms with Crippen molar-refractivity contribution < 1.29 is 4.79 Å². The second kappa shape index (κ2) is 9.37. The molecule has 4 rings (SSSR count). The number of fused-ring (bicyclic) bond motifs is 1. The fourth-order valence-electron chi connectivity index (χ4n) is 3.24. The number of rotatable bonds is 5. The van der Waals surface area contributed by atoms with Crippen molar-refractivity contribution in [2.24, 2.45) is 0 Å². The Morgan fingerprint density at radius 2 is 1.61 bits per heavy atom. The molecule has 156 valence electrons. The summed E-state index contributed by atoms with van der Waals surface area (Å²) < 4.78 is 0. The van der Waals surface area contributed by atoms with Gasteiger partial charge in [0.25, 0.3) is 5.56 Å². The van der Waals surface area contributed by atoms with Crippen LogP contribution >= 0.6 is 46.6 Å². The second-order valence-corrected chi connectivity index (χ2v) is 9.00. The lowest BCUT2D eigenvalue weighted by molar-refractivity contribution is -0.113. The van der Waals surface area contributed by atoms with Crippen LogP contribution in [0, 0.1) is 0 Å². The van der Waals surface area contributed by atoms with E-state index in [-0.39, 0.29) is 17.2 Å². The Morgan fingerprint density at radius 3 is 2.32 bits per heavy atom. The number of carbonyl (C=O) groups excluding carboxylic acids is 1. The molecule has 2 N–H and O–H groups in total. The highest BCUT2D eigenvalue weighted by Crippen LogP contribution is 2.35. The number of carbonyl (C=O) groups is 1. The molecule has 0 saturated heterocycles. The molecule has 0 unspecified atom stereocenters. The minimum absolute atomic E-state index is 0.0269. The topological polar surface area (TPSA) is 62.0 Å². The minimum Gasteiger partial charge on any atom is -0.325 e. The van der Waals surface area contributed by atoms with Gasteiger partial charge in [0.05, 0.1) is 10.6 Å². The second-order valence-electron chi connectivity index (χ2n) is 6.71. The molecule has 1 aromatic heterocycles. The zero-order valence-electron chi connectivity index (χ0n) is 15.9. The van der Waals surface area contributed by atoms with Gasteiger partial charge in [0.2, 0.25) is 5.91 Å². The summed E-state index contributed by atoms with van der Waals surface area (Å²) in [5.74, 6) is -0.257. The lowest BCUT2D eigenvalue weighted by Crippen LogP contribution is -2.17. The first-order valence-electron chi connectivity index (χ1n) is 9.20. The molecule has 0 saturated carbocycles. The number of hydrogen-bond acceptors (Lipinski definition) is 3. The Morgan fingerprint density at radius 1 is 0.903 bits per heavy atom. The number of anilines is 1. The number of H-pyrrole nitrogens is 1. The third-order valence-electron chi connectivity index (χ3n) is 4.49. The highest BCUT2D eigenvalue weighted by atomic mass is 35.5. The van der Waals surface area contributed by atoms with Crippen molar-refractivity contribution >= 4 is 69.1 Å². The summed E-state index contributed by atoms with van der Waals surface area (Å²) in [6.07, 6.45) is 0. The summed E-state index contributed by atoms with van der Waals surface area (Å²) in [6.45, 7) is 0. The largest absolute Gasteiger partial charge is 0.325 e. The summed E-state index contributed by atoms with van der Waals surface area (Å²) in [6, 6.07) is 19.7. The van der Waals surface area contributed by atoms with Crippen molar-refractivity contribution in [2.45, 2.75) is 4.90 Å². The number of halogens is 3. The normalized spacial score (nSPS) is 10.9. The number of benzene rings is 3. The van der Waals surface area contributed by atoms with E-state index in [9.17, 15) is 9.59 Å². The number of nitrogens with one attached hydrogen (secondary N) is 2. The quantitative estimate of drug-likeness (QED) is 0.300. The van der Waals surface area contributed by atoms with E-state index in [2.05, 4.69) is 10.3 Å². The molecule has 0 spiro atoms. The third kappa shape index (κ3) is 5.08. The van der Waals surface area contributed by atoms with Crippen molar-refractivity contribution in [3.63, 3.8) is 0 Å².